The third kappa shape index (κ3) is 3.64. The largest absolute Gasteiger partial charge is 0.476 e. The first-order valence-electron chi connectivity index (χ1n) is 5.73. The molecule has 1 amide bonds. The van der Waals surface area contributed by atoms with Crippen LogP contribution in [0.25, 0.3) is 0 Å². The number of aromatic carboxylic acids is 1. The number of nitrogens with zero attached hydrogens (tertiary/aromatic N) is 3. The van der Waals surface area contributed by atoms with Gasteiger partial charge in [0.05, 0.1) is 12.7 Å². The first kappa shape index (κ1) is 14.2. The molecule has 0 radical (unpaired) electrons. The molecule has 1 aromatic carbocycles. The lowest BCUT2D eigenvalue weighted by Crippen LogP contribution is -2.27. The van der Waals surface area contributed by atoms with Gasteiger partial charge in [-0.3, -0.25) is 4.79 Å². The van der Waals surface area contributed by atoms with Crippen LogP contribution in [0.5, 0.6) is 0 Å². The fourth-order valence-corrected chi connectivity index (χ4v) is 1.92. The number of benzene rings is 1. The van der Waals surface area contributed by atoms with Crippen molar-refractivity contribution in [3.05, 3.63) is 46.2 Å². The lowest BCUT2D eigenvalue weighted by molar-refractivity contribution is 0.0690. The van der Waals surface area contributed by atoms with Crippen molar-refractivity contribution in [1.29, 1.82) is 0 Å². The summed E-state index contributed by atoms with van der Waals surface area (Å²) in [5, 5.41) is 18.5. The number of aromatic nitrogens is 3. The molecule has 104 valence electrons. The summed E-state index contributed by atoms with van der Waals surface area (Å²) in [5.41, 5.74) is 0.424. The van der Waals surface area contributed by atoms with Crippen LogP contribution >= 0.6 is 15.9 Å². The van der Waals surface area contributed by atoms with E-state index >= 15 is 0 Å². The van der Waals surface area contributed by atoms with Crippen molar-refractivity contribution in [2.24, 2.45) is 0 Å². The average Bonchev–Trinajstić information content (AvgIpc) is 2.87. The van der Waals surface area contributed by atoms with Crippen LogP contribution in [0.15, 0.2) is 34.9 Å². The fourth-order valence-electron chi connectivity index (χ4n) is 1.52. The number of carbonyl (C=O) groups is 2. The number of amides is 1. The third-order valence-electron chi connectivity index (χ3n) is 2.47. The number of carboxylic acids is 1. The van der Waals surface area contributed by atoms with Gasteiger partial charge in [0, 0.05) is 16.6 Å². The Morgan fingerprint density at radius 1 is 1.40 bits per heavy atom. The maximum Gasteiger partial charge on any atom is 0.358 e. The minimum Gasteiger partial charge on any atom is -0.476 e. The summed E-state index contributed by atoms with van der Waals surface area (Å²) in [6, 6.07) is 7.03. The molecule has 0 aliphatic heterocycles. The lowest BCUT2D eigenvalue weighted by Gasteiger charge is -2.05. The summed E-state index contributed by atoms with van der Waals surface area (Å²) in [7, 11) is 0. The van der Waals surface area contributed by atoms with Crippen molar-refractivity contribution < 1.29 is 14.7 Å². The van der Waals surface area contributed by atoms with Gasteiger partial charge in [-0.05, 0) is 18.2 Å². The summed E-state index contributed by atoms with van der Waals surface area (Å²) in [4.78, 5) is 22.5. The van der Waals surface area contributed by atoms with Crippen molar-refractivity contribution in [2.45, 2.75) is 6.54 Å². The standard InChI is InChI=1S/C12H11BrN4O3/c13-9-3-1-2-8(6-9)11(18)14-4-5-17-7-10(12(19)20)15-16-17/h1-3,6-7H,4-5H2,(H,14,18)(H,19,20). The summed E-state index contributed by atoms with van der Waals surface area (Å²) in [6.07, 6.45) is 1.31. The van der Waals surface area contributed by atoms with Crippen molar-refractivity contribution in [2.75, 3.05) is 6.54 Å². The number of hydrogen-bond donors (Lipinski definition) is 2. The number of carboxylic acid groups (broad SMARTS) is 1. The zero-order valence-corrected chi connectivity index (χ0v) is 11.9. The molecule has 1 aromatic heterocycles. The van der Waals surface area contributed by atoms with Crippen LogP contribution in [-0.2, 0) is 6.54 Å². The van der Waals surface area contributed by atoms with Gasteiger partial charge in [-0.15, -0.1) is 5.10 Å². The Hall–Kier alpha value is -2.22. The van der Waals surface area contributed by atoms with Crippen LogP contribution in [0, 0.1) is 0 Å². The van der Waals surface area contributed by atoms with Crippen LogP contribution in [0.3, 0.4) is 0 Å². The molecule has 0 spiro atoms. The van der Waals surface area contributed by atoms with Gasteiger partial charge in [0.1, 0.15) is 0 Å². The first-order valence-corrected chi connectivity index (χ1v) is 6.53. The molecular weight excluding hydrogens is 328 g/mol. The molecule has 2 rings (SSSR count). The zero-order valence-electron chi connectivity index (χ0n) is 10.3. The normalized spacial score (nSPS) is 10.2. The van der Waals surface area contributed by atoms with Crippen molar-refractivity contribution in [3.8, 4) is 0 Å². The van der Waals surface area contributed by atoms with E-state index in [-0.39, 0.29) is 11.6 Å². The monoisotopic (exact) mass is 338 g/mol. The summed E-state index contributed by atoms with van der Waals surface area (Å²) >= 11 is 3.29. The number of halogens is 1. The summed E-state index contributed by atoms with van der Waals surface area (Å²) < 4.78 is 2.19. The smallest absolute Gasteiger partial charge is 0.358 e. The molecule has 2 aromatic rings. The number of hydrogen-bond acceptors (Lipinski definition) is 4. The molecule has 0 saturated carbocycles. The molecule has 0 fully saturated rings. The van der Waals surface area contributed by atoms with Crippen LogP contribution < -0.4 is 5.32 Å². The minimum absolute atomic E-state index is 0.122. The molecule has 0 aliphatic carbocycles. The second-order valence-electron chi connectivity index (χ2n) is 3.94. The van der Waals surface area contributed by atoms with Crippen molar-refractivity contribution in [3.63, 3.8) is 0 Å². The molecule has 20 heavy (non-hydrogen) atoms. The van der Waals surface area contributed by atoms with E-state index in [2.05, 4.69) is 31.6 Å². The first-order chi connectivity index (χ1) is 9.56. The number of rotatable bonds is 5. The Kier molecular flexibility index (Phi) is 4.46. The number of nitrogens with one attached hydrogen (secondary N) is 1. The van der Waals surface area contributed by atoms with Gasteiger partial charge in [-0.2, -0.15) is 0 Å². The van der Waals surface area contributed by atoms with E-state index in [1.165, 1.54) is 10.9 Å². The molecule has 0 saturated heterocycles. The van der Waals surface area contributed by atoms with E-state index in [0.29, 0.717) is 18.7 Å². The highest BCUT2D eigenvalue weighted by molar-refractivity contribution is 9.10. The summed E-state index contributed by atoms with van der Waals surface area (Å²) in [6.45, 7) is 0.674. The van der Waals surface area contributed by atoms with E-state index in [0.717, 1.165) is 4.47 Å². The van der Waals surface area contributed by atoms with Gasteiger partial charge >= 0.3 is 5.97 Å². The van der Waals surface area contributed by atoms with Crippen LogP contribution in [0.2, 0.25) is 0 Å². The van der Waals surface area contributed by atoms with Gasteiger partial charge in [-0.25, -0.2) is 9.48 Å². The quantitative estimate of drug-likeness (QED) is 0.852. The molecule has 0 atom stereocenters. The highest BCUT2D eigenvalue weighted by atomic mass is 79.9. The summed E-state index contributed by atoms with van der Waals surface area (Å²) in [5.74, 6) is -1.33. The van der Waals surface area contributed by atoms with E-state index in [9.17, 15) is 9.59 Å². The SMILES string of the molecule is O=C(NCCn1cc(C(=O)O)nn1)c1cccc(Br)c1. The van der Waals surface area contributed by atoms with Gasteiger partial charge in [0.25, 0.3) is 5.91 Å². The van der Waals surface area contributed by atoms with Gasteiger partial charge in [-0.1, -0.05) is 27.2 Å². The molecule has 7 nitrogen and oxygen atoms in total. The Bertz CT molecular complexity index is 641. The highest BCUT2D eigenvalue weighted by Gasteiger charge is 2.09. The molecule has 0 unspecified atom stereocenters. The minimum atomic E-state index is -1.13. The Balaban J connectivity index is 1.86. The Morgan fingerprint density at radius 2 is 2.20 bits per heavy atom. The maximum atomic E-state index is 11.8. The van der Waals surface area contributed by atoms with E-state index in [1.807, 2.05) is 6.07 Å². The predicted octanol–water partition coefficient (Wildman–Crippen LogP) is 1.17. The maximum absolute atomic E-state index is 11.8. The van der Waals surface area contributed by atoms with E-state index < -0.39 is 5.97 Å². The number of carbonyl (C=O) groups excluding carboxylic acids is 1. The second kappa shape index (κ2) is 6.29. The average molecular weight is 339 g/mol. The van der Waals surface area contributed by atoms with Crippen molar-refractivity contribution >= 4 is 27.8 Å². The van der Waals surface area contributed by atoms with E-state index in [4.69, 9.17) is 5.11 Å². The van der Waals surface area contributed by atoms with E-state index in [1.54, 1.807) is 18.2 Å². The lowest BCUT2D eigenvalue weighted by atomic mass is 10.2. The molecule has 0 bridgehead atoms. The van der Waals surface area contributed by atoms with Gasteiger partial charge in [0.15, 0.2) is 5.69 Å². The highest BCUT2D eigenvalue weighted by Crippen LogP contribution is 2.11. The second-order valence-corrected chi connectivity index (χ2v) is 4.85. The molecule has 2 N–H and O–H groups in total. The van der Waals surface area contributed by atoms with Crippen LogP contribution in [-0.4, -0.2) is 38.5 Å². The fraction of sp³-hybridized carbons (Fsp3) is 0.167. The third-order valence-corrected chi connectivity index (χ3v) is 2.96. The van der Waals surface area contributed by atoms with Crippen LogP contribution in [0.1, 0.15) is 20.8 Å². The van der Waals surface area contributed by atoms with Crippen molar-refractivity contribution in [1.82, 2.24) is 20.3 Å². The molecule has 1 heterocycles. The Labute approximate surface area is 122 Å². The molecule has 0 aliphatic rings. The Morgan fingerprint density at radius 3 is 2.85 bits per heavy atom. The topological polar surface area (TPSA) is 97.1 Å². The zero-order chi connectivity index (χ0) is 14.5. The molecule has 8 heteroatoms. The molecular formula is C12H11BrN4O3. The predicted molar refractivity (Wildman–Crippen MR) is 73.5 cm³/mol. The van der Waals surface area contributed by atoms with Gasteiger partial charge < -0.3 is 10.4 Å². The van der Waals surface area contributed by atoms with Gasteiger partial charge in [0.2, 0.25) is 0 Å². The van der Waals surface area contributed by atoms with Crippen LogP contribution in [0.4, 0.5) is 0 Å².